The minimum absolute atomic E-state index is 0.0243. The number of pyridine rings is 1. The molecule has 4 nitrogen and oxygen atoms in total. The molecule has 30 heavy (non-hydrogen) atoms. The quantitative estimate of drug-likeness (QED) is 0.435. The summed E-state index contributed by atoms with van der Waals surface area (Å²) in [5, 5.41) is 3.11. The Morgan fingerprint density at radius 2 is 1.50 bits per heavy atom. The molecular weight excluding hydrogens is 396 g/mol. The van der Waals surface area contributed by atoms with Crippen LogP contribution in [0.3, 0.4) is 0 Å². The van der Waals surface area contributed by atoms with Gasteiger partial charge in [-0.15, -0.1) is 0 Å². The molecule has 0 unspecified atom stereocenters. The fraction of sp³-hybridized carbons (Fsp3) is 0.0400. The average Bonchev–Trinajstić information content (AvgIpc) is 2.76. The number of aromatic amines is 1. The lowest BCUT2D eigenvalue weighted by atomic mass is 10.0. The zero-order valence-corrected chi connectivity index (χ0v) is 17.0. The fourth-order valence-corrected chi connectivity index (χ4v) is 3.49. The Hall–Kier alpha value is -3.63. The number of carbonyl (C=O) groups is 1. The molecule has 1 heterocycles. The van der Waals surface area contributed by atoms with E-state index in [1.807, 2.05) is 67.6 Å². The molecule has 0 bridgehead atoms. The Labute approximate surface area is 179 Å². The number of anilines is 1. The van der Waals surface area contributed by atoms with Gasteiger partial charge in [-0.25, -0.2) is 0 Å². The second-order valence-electron chi connectivity index (χ2n) is 7.00. The van der Waals surface area contributed by atoms with Crippen molar-refractivity contribution in [2.75, 3.05) is 5.32 Å². The van der Waals surface area contributed by atoms with Crippen LogP contribution in [0.1, 0.15) is 15.9 Å². The van der Waals surface area contributed by atoms with Crippen LogP contribution in [0, 0.1) is 6.92 Å². The third-order valence-corrected chi connectivity index (χ3v) is 5.14. The van der Waals surface area contributed by atoms with Gasteiger partial charge in [0.25, 0.3) is 11.5 Å². The first kappa shape index (κ1) is 19.7. The first-order valence-electron chi connectivity index (χ1n) is 9.48. The number of hydrogen-bond donors (Lipinski definition) is 2. The molecule has 4 aromatic rings. The Morgan fingerprint density at radius 1 is 0.833 bits per heavy atom. The smallest absolute Gasteiger partial charge is 0.261 e. The number of benzene rings is 3. The van der Waals surface area contributed by atoms with E-state index >= 15 is 0 Å². The predicted molar refractivity (Wildman–Crippen MR) is 122 cm³/mol. The standard InChI is InChI=1S/C25H19ClN2O2/c1-16-7-13-23(21(26)15-16)28-25(30)20-12-14-22(27-24(20)29)19-10-8-18(9-11-19)17-5-3-2-4-6-17/h2-15H,1H3,(H,27,29)(H,28,30). The molecule has 1 aromatic heterocycles. The fourth-order valence-electron chi connectivity index (χ4n) is 3.20. The lowest BCUT2D eigenvalue weighted by Crippen LogP contribution is -2.23. The molecule has 0 aliphatic rings. The van der Waals surface area contributed by atoms with Crippen molar-refractivity contribution in [3.05, 3.63) is 111 Å². The third-order valence-electron chi connectivity index (χ3n) is 4.83. The highest BCUT2D eigenvalue weighted by molar-refractivity contribution is 6.34. The monoisotopic (exact) mass is 414 g/mol. The zero-order valence-electron chi connectivity index (χ0n) is 16.3. The van der Waals surface area contributed by atoms with Gasteiger partial charge in [0.1, 0.15) is 5.56 Å². The molecule has 0 saturated heterocycles. The maximum absolute atomic E-state index is 12.5. The number of aryl methyl sites for hydroxylation is 1. The summed E-state index contributed by atoms with van der Waals surface area (Å²) >= 11 is 6.16. The van der Waals surface area contributed by atoms with Gasteiger partial charge >= 0.3 is 0 Å². The highest BCUT2D eigenvalue weighted by atomic mass is 35.5. The molecule has 5 heteroatoms. The van der Waals surface area contributed by atoms with Gasteiger partial charge in [0.15, 0.2) is 0 Å². The molecule has 3 aromatic carbocycles. The van der Waals surface area contributed by atoms with Crippen molar-refractivity contribution in [1.29, 1.82) is 0 Å². The zero-order chi connectivity index (χ0) is 21.1. The van der Waals surface area contributed by atoms with Crippen LogP contribution in [-0.4, -0.2) is 10.9 Å². The number of halogens is 1. The summed E-state index contributed by atoms with van der Waals surface area (Å²) in [5.41, 5.74) is 4.74. The second-order valence-corrected chi connectivity index (χ2v) is 7.40. The van der Waals surface area contributed by atoms with E-state index in [2.05, 4.69) is 10.3 Å². The van der Waals surface area contributed by atoms with Crippen LogP contribution >= 0.6 is 11.6 Å². The molecule has 0 radical (unpaired) electrons. The van der Waals surface area contributed by atoms with E-state index in [4.69, 9.17) is 11.6 Å². The van der Waals surface area contributed by atoms with E-state index in [0.717, 1.165) is 22.3 Å². The molecule has 4 rings (SSSR count). The Kier molecular flexibility index (Phi) is 5.50. The van der Waals surface area contributed by atoms with E-state index in [1.165, 1.54) is 6.07 Å². The van der Waals surface area contributed by atoms with Gasteiger partial charge in [-0.1, -0.05) is 72.3 Å². The number of aromatic nitrogens is 1. The normalized spacial score (nSPS) is 10.6. The molecular formula is C25H19ClN2O2. The van der Waals surface area contributed by atoms with Crippen LogP contribution < -0.4 is 10.9 Å². The van der Waals surface area contributed by atoms with Crippen molar-refractivity contribution in [3.63, 3.8) is 0 Å². The average molecular weight is 415 g/mol. The van der Waals surface area contributed by atoms with E-state index in [-0.39, 0.29) is 5.56 Å². The molecule has 0 aliphatic carbocycles. The number of amides is 1. The van der Waals surface area contributed by atoms with Crippen LogP contribution in [0.5, 0.6) is 0 Å². The summed E-state index contributed by atoms with van der Waals surface area (Å²) < 4.78 is 0. The van der Waals surface area contributed by atoms with Crippen LogP contribution in [0.4, 0.5) is 5.69 Å². The van der Waals surface area contributed by atoms with E-state index in [1.54, 1.807) is 18.2 Å². The third kappa shape index (κ3) is 4.19. The summed E-state index contributed by atoms with van der Waals surface area (Å²) in [7, 11) is 0. The van der Waals surface area contributed by atoms with Crippen LogP contribution in [0.2, 0.25) is 5.02 Å². The van der Waals surface area contributed by atoms with Gasteiger partial charge in [-0.2, -0.15) is 0 Å². The Morgan fingerprint density at radius 3 is 2.17 bits per heavy atom. The number of H-pyrrole nitrogens is 1. The molecule has 148 valence electrons. The van der Waals surface area contributed by atoms with Crippen LogP contribution in [0.15, 0.2) is 89.7 Å². The topological polar surface area (TPSA) is 62.0 Å². The molecule has 1 amide bonds. The number of rotatable bonds is 4. The Bertz CT molecular complexity index is 1260. The highest BCUT2D eigenvalue weighted by Gasteiger charge is 2.13. The molecule has 0 fully saturated rings. The minimum atomic E-state index is -0.507. The van der Waals surface area contributed by atoms with Crippen molar-refractivity contribution in [1.82, 2.24) is 4.98 Å². The molecule has 0 aliphatic heterocycles. The number of carbonyl (C=O) groups excluding carboxylic acids is 1. The largest absolute Gasteiger partial charge is 0.321 e. The van der Waals surface area contributed by atoms with E-state index in [9.17, 15) is 9.59 Å². The summed E-state index contributed by atoms with van der Waals surface area (Å²) in [6, 6.07) is 26.5. The van der Waals surface area contributed by atoms with Gasteiger partial charge in [-0.3, -0.25) is 9.59 Å². The molecule has 0 spiro atoms. The highest BCUT2D eigenvalue weighted by Crippen LogP contribution is 2.24. The summed E-state index contributed by atoms with van der Waals surface area (Å²) in [6.07, 6.45) is 0. The summed E-state index contributed by atoms with van der Waals surface area (Å²) in [5.74, 6) is -0.507. The van der Waals surface area contributed by atoms with Crippen LogP contribution in [-0.2, 0) is 0 Å². The van der Waals surface area contributed by atoms with Crippen molar-refractivity contribution in [2.45, 2.75) is 6.92 Å². The first-order chi connectivity index (χ1) is 14.5. The van der Waals surface area contributed by atoms with Crippen LogP contribution in [0.25, 0.3) is 22.4 Å². The second kappa shape index (κ2) is 8.39. The maximum atomic E-state index is 12.5. The van der Waals surface area contributed by atoms with Crippen molar-refractivity contribution >= 4 is 23.2 Å². The van der Waals surface area contributed by atoms with Gasteiger partial charge in [0.2, 0.25) is 0 Å². The molecule has 0 saturated carbocycles. The van der Waals surface area contributed by atoms with E-state index < -0.39 is 11.5 Å². The van der Waals surface area contributed by atoms with Gasteiger partial charge in [-0.05, 0) is 53.4 Å². The molecule has 0 atom stereocenters. The van der Waals surface area contributed by atoms with Gasteiger partial charge < -0.3 is 10.3 Å². The Balaban J connectivity index is 1.55. The molecule has 2 N–H and O–H groups in total. The first-order valence-corrected chi connectivity index (χ1v) is 9.86. The summed E-state index contributed by atoms with van der Waals surface area (Å²) in [6.45, 7) is 1.91. The van der Waals surface area contributed by atoms with E-state index in [0.29, 0.717) is 16.4 Å². The maximum Gasteiger partial charge on any atom is 0.261 e. The van der Waals surface area contributed by atoms with Crippen molar-refractivity contribution in [2.24, 2.45) is 0 Å². The van der Waals surface area contributed by atoms with Crippen molar-refractivity contribution < 1.29 is 4.79 Å². The van der Waals surface area contributed by atoms with Gasteiger partial charge in [0.05, 0.1) is 10.7 Å². The SMILES string of the molecule is Cc1ccc(NC(=O)c2ccc(-c3ccc(-c4ccccc4)cc3)[nH]c2=O)c(Cl)c1. The summed E-state index contributed by atoms with van der Waals surface area (Å²) in [4.78, 5) is 27.8. The van der Waals surface area contributed by atoms with Crippen molar-refractivity contribution in [3.8, 4) is 22.4 Å². The number of hydrogen-bond acceptors (Lipinski definition) is 2. The number of nitrogens with one attached hydrogen (secondary N) is 2. The van der Waals surface area contributed by atoms with Gasteiger partial charge in [0, 0.05) is 5.69 Å². The lowest BCUT2D eigenvalue weighted by Gasteiger charge is -2.09. The predicted octanol–water partition coefficient (Wildman–Crippen LogP) is 5.92. The minimum Gasteiger partial charge on any atom is -0.321 e. The lowest BCUT2D eigenvalue weighted by molar-refractivity contribution is 0.102.